The van der Waals surface area contributed by atoms with Crippen molar-refractivity contribution in [3.63, 3.8) is 0 Å². The molecule has 0 aliphatic carbocycles. The van der Waals surface area contributed by atoms with Gasteiger partial charge in [-0.25, -0.2) is 9.67 Å². The number of hydrogen-bond acceptors (Lipinski definition) is 8. The summed E-state index contributed by atoms with van der Waals surface area (Å²) in [6.45, 7) is 3.59. The van der Waals surface area contributed by atoms with Crippen molar-refractivity contribution in [1.29, 1.82) is 0 Å². The molecular formula is C17H22N8O. The van der Waals surface area contributed by atoms with E-state index in [4.69, 9.17) is 4.74 Å². The fourth-order valence-electron chi connectivity index (χ4n) is 2.38. The molecule has 0 saturated carbocycles. The first-order chi connectivity index (χ1) is 12.7. The molecular weight excluding hydrogens is 332 g/mol. The van der Waals surface area contributed by atoms with Crippen molar-refractivity contribution in [1.82, 2.24) is 30.3 Å². The van der Waals surface area contributed by atoms with Crippen LogP contribution < -0.4 is 20.7 Å². The van der Waals surface area contributed by atoms with E-state index in [1.165, 1.54) is 0 Å². The lowest BCUT2D eigenvalue weighted by Crippen LogP contribution is -2.11. The lowest BCUT2D eigenvalue weighted by atomic mass is 10.2. The van der Waals surface area contributed by atoms with Crippen molar-refractivity contribution in [3.05, 3.63) is 42.4 Å². The summed E-state index contributed by atoms with van der Waals surface area (Å²) in [5.41, 5.74) is 2.45. The lowest BCUT2D eigenvalue weighted by molar-refractivity contribution is 0.411. The summed E-state index contributed by atoms with van der Waals surface area (Å²) < 4.78 is 7.15. The zero-order chi connectivity index (χ0) is 18.4. The topological polar surface area (TPSA) is 102 Å². The number of nitrogens with zero attached hydrogens (tertiary/aromatic N) is 5. The quantitative estimate of drug-likeness (QED) is 0.564. The van der Waals surface area contributed by atoms with E-state index in [2.05, 4.69) is 36.2 Å². The number of hydrogen-bond donors (Lipinski definition) is 3. The van der Waals surface area contributed by atoms with Gasteiger partial charge in [0.2, 0.25) is 5.95 Å². The molecule has 2 aromatic heterocycles. The summed E-state index contributed by atoms with van der Waals surface area (Å²) >= 11 is 0. The first kappa shape index (κ1) is 17.6. The van der Waals surface area contributed by atoms with Gasteiger partial charge in [0.15, 0.2) is 0 Å². The number of anilines is 3. The number of aromatic nitrogens is 5. The van der Waals surface area contributed by atoms with Crippen LogP contribution in [0, 0.1) is 0 Å². The molecule has 9 heteroatoms. The first-order valence-electron chi connectivity index (χ1n) is 8.31. The van der Waals surface area contributed by atoms with Crippen molar-refractivity contribution in [2.75, 3.05) is 31.3 Å². The van der Waals surface area contributed by atoms with Crippen LogP contribution in [0.3, 0.4) is 0 Å². The Labute approximate surface area is 151 Å². The highest BCUT2D eigenvalue weighted by Crippen LogP contribution is 2.27. The van der Waals surface area contributed by atoms with Gasteiger partial charge >= 0.3 is 0 Å². The van der Waals surface area contributed by atoms with Crippen molar-refractivity contribution in [2.45, 2.75) is 13.5 Å². The number of benzene rings is 1. The van der Waals surface area contributed by atoms with Gasteiger partial charge in [0, 0.05) is 25.5 Å². The predicted octanol–water partition coefficient (Wildman–Crippen LogP) is 1.96. The van der Waals surface area contributed by atoms with Crippen LogP contribution in [0.15, 0.2) is 36.7 Å². The Morgan fingerprint density at radius 3 is 2.88 bits per heavy atom. The van der Waals surface area contributed by atoms with Crippen LogP contribution in [0.5, 0.6) is 5.75 Å². The highest BCUT2D eigenvalue weighted by atomic mass is 16.5. The van der Waals surface area contributed by atoms with E-state index in [1.54, 1.807) is 24.1 Å². The van der Waals surface area contributed by atoms with Gasteiger partial charge in [-0.15, -0.1) is 5.10 Å². The summed E-state index contributed by atoms with van der Waals surface area (Å²) in [5, 5.41) is 17.8. The van der Waals surface area contributed by atoms with Crippen LogP contribution in [0.4, 0.5) is 17.5 Å². The molecule has 0 atom stereocenters. The fourth-order valence-corrected chi connectivity index (χ4v) is 2.38. The molecule has 0 aliphatic heterocycles. The van der Waals surface area contributed by atoms with E-state index in [0.717, 1.165) is 29.4 Å². The summed E-state index contributed by atoms with van der Waals surface area (Å²) in [7, 11) is 3.44. The van der Waals surface area contributed by atoms with E-state index in [0.29, 0.717) is 18.2 Å². The van der Waals surface area contributed by atoms with Gasteiger partial charge in [0.05, 0.1) is 19.0 Å². The van der Waals surface area contributed by atoms with Crippen LogP contribution in [0.1, 0.15) is 12.6 Å². The summed E-state index contributed by atoms with van der Waals surface area (Å²) in [6.07, 6.45) is 3.57. The molecule has 26 heavy (non-hydrogen) atoms. The number of nitrogens with one attached hydrogen (secondary N) is 3. The molecule has 0 fully saturated rings. The molecule has 9 nitrogen and oxygen atoms in total. The van der Waals surface area contributed by atoms with Crippen molar-refractivity contribution < 1.29 is 4.74 Å². The Morgan fingerprint density at radius 1 is 1.23 bits per heavy atom. The average Bonchev–Trinajstić information content (AvgIpc) is 3.15. The Kier molecular flexibility index (Phi) is 5.59. The second-order valence-electron chi connectivity index (χ2n) is 5.46. The molecule has 0 saturated heterocycles. The van der Waals surface area contributed by atoms with Gasteiger partial charge in [0.25, 0.3) is 0 Å². The Morgan fingerprint density at radius 2 is 2.12 bits per heavy atom. The SMILES string of the molecule is CCNCc1cn(-c2cc(Nc3nccc(NC)n3)ccc2OC)nn1. The van der Waals surface area contributed by atoms with Gasteiger partial charge in [-0.3, -0.25) is 0 Å². The average molecular weight is 354 g/mol. The third-order valence-electron chi connectivity index (χ3n) is 3.69. The molecule has 0 radical (unpaired) electrons. The standard InChI is InChI=1S/C17H22N8O/c1-4-19-10-13-11-25(24-23-13)14-9-12(5-6-15(14)26-3)21-17-20-8-7-16(18-2)22-17/h5-9,11,19H,4,10H2,1-3H3,(H2,18,20,21,22). The van der Waals surface area contributed by atoms with Gasteiger partial charge in [-0.1, -0.05) is 12.1 Å². The third kappa shape index (κ3) is 4.06. The number of methoxy groups -OCH3 is 1. The van der Waals surface area contributed by atoms with Gasteiger partial charge in [-0.05, 0) is 30.8 Å². The van der Waals surface area contributed by atoms with Gasteiger partial charge in [-0.2, -0.15) is 4.98 Å². The summed E-state index contributed by atoms with van der Waals surface area (Å²) in [5.74, 6) is 1.93. The monoisotopic (exact) mass is 354 g/mol. The smallest absolute Gasteiger partial charge is 0.229 e. The van der Waals surface area contributed by atoms with Crippen LogP contribution in [0.2, 0.25) is 0 Å². The van der Waals surface area contributed by atoms with E-state index in [9.17, 15) is 0 Å². The zero-order valence-corrected chi connectivity index (χ0v) is 15.0. The summed E-state index contributed by atoms with van der Waals surface area (Å²) in [4.78, 5) is 8.59. The van der Waals surface area contributed by atoms with Crippen molar-refractivity contribution in [2.24, 2.45) is 0 Å². The molecule has 0 unspecified atom stereocenters. The minimum Gasteiger partial charge on any atom is -0.494 e. The second-order valence-corrected chi connectivity index (χ2v) is 5.46. The maximum atomic E-state index is 5.46. The lowest BCUT2D eigenvalue weighted by Gasteiger charge is -2.11. The maximum Gasteiger partial charge on any atom is 0.229 e. The van der Waals surface area contributed by atoms with Crippen LogP contribution in [-0.2, 0) is 6.54 Å². The molecule has 3 aromatic rings. The Bertz CT molecular complexity index is 863. The molecule has 3 N–H and O–H groups in total. The van der Waals surface area contributed by atoms with Crippen LogP contribution >= 0.6 is 0 Å². The molecule has 0 spiro atoms. The van der Waals surface area contributed by atoms with Crippen LogP contribution in [-0.4, -0.2) is 45.7 Å². The van der Waals surface area contributed by atoms with E-state index >= 15 is 0 Å². The second kappa shape index (κ2) is 8.26. The van der Waals surface area contributed by atoms with Crippen LogP contribution in [0.25, 0.3) is 5.69 Å². The molecule has 136 valence electrons. The minimum atomic E-state index is 0.499. The predicted molar refractivity (Wildman–Crippen MR) is 100 cm³/mol. The molecule has 0 amide bonds. The minimum absolute atomic E-state index is 0.499. The van der Waals surface area contributed by atoms with E-state index < -0.39 is 0 Å². The molecule has 0 bridgehead atoms. The maximum absolute atomic E-state index is 5.46. The van der Waals surface area contributed by atoms with Gasteiger partial charge in [0.1, 0.15) is 17.3 Å². The van der Waals surface area contributed by atoms with Gasteiger partial charge < -0.3 is 20.7 Å². The number of ether oxygens (including phenoxy) is 1. The van der Waals surface area contributed by atoms with E-state index in [-0.39, 0.29) is 0 Å². The normalized spacial score (nSPS) is 10.6. The third-order valence-corrected chi connectivity index (χ3v) is 3.69. The van der Waals surface area contributed by atoms with Crippen molar-refractivity contribution in [3.8, 4) is 11.4 Å². The highest BCUT2D eigenvalue weighted by Gasteiger charge is 2.10. The molecule has 2 heterocycles. The molecule has 3 rings (SSSR count). The van der Waals surface area contributed by atoms with Crippen molar-refractivity contribution >= 4 is 17.5 Å². The highest BCUT2D eigenvalue weighted by molar-refractivity contribution is 5.62. The fraction of sp³-hybridized carbons (Fsp3) is 0.294. The zero-order valence-electron chi connectivity index (χ0n) is 15.0. The number of rotatable bonds is 8. The Balaban J connectivity index is 1.87. The largest absolute Gasteiger partial charge is 0.494 e. The van der Waals surface area contributed by atoms with E-state index in [1.807, 2.05) is 38.4 Å². The summed E-state index contributed by atoms with van der Waals surface area (Å²) in [6, 6.07) is 7.48. The Hall–Kier alpha value is -3.20. The molecule has 1 aromatic carbocycles. The molecule has 0 aliphatic rings. The first-order valence-corrected chi connectivity index (χ1v) is 8.31.